The number of carbonyl (C=O) groups excluding carboxylic acids is 3. The third-order valence-electron chi connectivity index (χ3n) is 4.77. The van der Waals surface area contributed by atoms with E-state index in [9.17, 15) is 14.4 Å². The molecule has 7 nitrogen and oxygen atoms in total. The first-order valence-corrected chi connectivity index (χ1v) is 9.17. The lowest BCUT2D eigenvalue weighted by Gasteiger charge is -2.17. The van der Waals surface area contributed by atoms with Crippen molar-refractivity contribution in [2.75, 3.05) is 11.9 Å². The molecule has 0 spiro atoms. The monoisotopic (exact) mass is 380 g/mol. The number of hydrogen-bond acceptors (Lipinski definition) is 3. The second-order valence-electron chi connectivity index (χ2n) is 7.06. The quantitative estimate of drug-likeness (QED) is 0.715. The standard InChI is InChI=1S/C21H24N4O3/c1-14-2-4-16(5-3-14)12-25-13-17(10-19(25)26)20(27)23-11-15-6-8-18(9-7-15)24-21(22)28/h2-9,17H,10-13H2,1H3,(H,23,27)(H3,22,24,28). The number of carbonyl (C=O) groups is 3. The van der Waals surface area contributed by atoms with Crippen LogP contribution >= 0.6 is 0 Å². The Morgan fingerprint density at radius 3 is 2.36 bits per heavy atom. The van der Waals surface area contributed by atoms with Crippen LogP contribution in [-0.4, -0.2) is 29.3 Å². The molecule has 28 heavy (non-hydrogen) atoms. The van der Waals surface area contributed by atoms with E-state index in [0.717, 1.165) is 11.1 Å². The Balaban J connectivity index is 1.50. The summed E-state index contributed by atoms with van der Waals surface area (Å²) in [6.07, 6.45) is 0.235. The molecule has 1 fully saturated rings. The molecule has 0 saturated carbocycles. The molecule has 3 rings (SSSR count). The summed E-state index contributed by atoms with van der Waals surface area (Å²) in [4.78, 5) is 37.3. The minimum absolute atomic E-state index is 0.00241. The van der Waals surface area contributed by atoms with Crippen molar-refractivity contribution in [1.29, 1.82) is 0 Å². The van der Waals surface area contributed by atoms with Crippen LogP contribution in [0.25, 0.3) is 0 Å². The fourth-order valence-corrected chi connectivity index (χ4v) is 3.20. The Kier molecular flexibility index (Phi) is 5.93. The van der Waals surface area contributed by atoms with E-state index in [1.807, 2.05) is 31.2 Å². The number of anilines is 1. The third kappa shape index (κ3) is 5.09. The van der Waals surface area contributed by atoms with E-state index in [1.165, 1.54) is 5.56 Å². The summed E-state index contributed by atoms with van der Waals surface area (Å²) in [7, 11) is 0. The molecule has 146 valence electrons. The summed E-state index contributed by atoms with van der Waals surface area (Å²) in [5.41, 5.74) is 8.79. The van der Waals surface area contributed by atoms with E-state index < -0.39 is 6.03 Å². The van der Waals surface area contributed by atoms with Crippen LogP contribution in [0.15, 0.2) is 48.5 Å². The molecule has 0 aromatic heterocycles. The van der Waals surface area contributed by atoms with E-state index >= 15 is 0 Å². The number of aryl methyl sites for hydroxylation is 1. The third-order valence-corrected chi connectivity index (χ3v) is 4.77. The molecule has 0 bridgehead atoms. The maximum absolute atomic E-state index is 12.5. The second kappa shape index (κ2) is 8.56. The number of benzene rings is 2. The molecular formula is C21H24N4O3. The van der Waals surface area contributed by atoms with E-state index in [2.05, 4.69) is 10.6 Å². The molecular weight excluding hydrogens is 356 g/mol. The molecule has 2 aromatic rings. The molecule has 2 aromatic carbocycles. The summed E-state index contributed by atoms with van der Waals surface area (Å²) in [5.74, 6) is -0.463. The number of nitrogens with one attached hydrogen (secondary N) is 2. The largest absolute Gasteiger partial charge is 0.352 e. The Hall–Kier alpha value is -3.35. The lowest BCUT2D eigenvalue weighted by atomic mass is 10.1. The maximum Gasteiger partial charge on any atom is 0.316 e. The van der Waals surface area contributed by atoms with Gasteiger partial charge in [0.15, 0.2) is 0 Å². The summed E-state index contributed by atoms with van der Waals surface area (Å²) < 4.78 is 0. The number of amides is 4. The van der Waals surface area contributed by atoms with Gasteiger partial charge >= 0.3 is 6.03 Å². The number of urea groups is 1. The Bertz CT molecular complexity index is 862. The first-order chi connectivity index (χ1) is 13.4. The highest BCUT2D eigenvalue weighted by Gasteiger charge is 2.34. The molecule has 1 unspecified atom stereocenters. The van der Waals surface area contributed by atoms with Crippen molar-refractivity contribution in [3.63, 3.8) is 0 Å². The van der Waals surface area contributed by atoms with Gasteiger partial charge in [-0.05, 0) is 30.2 Å². The Morgan fingerprint density at radius 1 is 1.07 bits per heavy atom. The van der Waals surface area contributed by atoms with Crippen molar-refractivity contribution in [3.8, 4) is 0 Å². The van der Waals surface area contributed by atoms with E-state index in [0.29, 0.717) is 25.3 Å². The predicted molar refractivity (Wildman–Crippen MR) is 106 cm³/mol. The van der Waals surface area contributed by atoms with Crippen molar-refractivity contribution < 1.29 is 14.4 Å². The van der Waals surface area contributed by atoms with Gasteiger partial charge < -0.3 is 21.3 Å². The van der Waals surface area contributed by atoms with Crippen LogP contribution in [0.1, 0.15) is 23.1 Å². The number of hydrogen-bond donors (Lipinski definition) is 3. The van der Waals surface area contributed by atoms with Crippen molar-refractivity contribution >= 4 is 23.5 Å². The highest BCUT2D eigenvalue weighted by Crippen LogP contribution is 2.21. The maximum atomic E-state index is 12.5. The fourth-order valence-electron chi connectivity index (χ4n) is 3.20. The van der Waals surface area contributed by atoms with Crippen LogP contribution < -0.4 is 16.4 Å². The van der Waals surface area contributed by atoms with Gasteiger partial charge in [0.1, 0.15) is 0 Å². The van der Waals surface area contributed by atoms with Crippen LogP contribution in [-0.2, 0) is 22.7 Å². The highest BCUT2D eigenvalue weighted by molar-refractivity contribution is 5.89. The first kappa shape index (κ1) is 19.4. The molecule has 1 atom stereocenters. The average Bonchev–Trinajstić information content (AvgIpc) is 3.03. The summed E-state index contributed by atoms with van der Waals surface area (Å²) >= 11 is 0. The fraction of sp³-hybridized carbons (Fsp3) is 0.286. The Labute approximate surface area is 163 Å². The molecule has 1 heterocycles. The molecule has 1 saturated heterocycles. The predicted octanol–water partition coefficient (Wildman–Crippen LogP) is 2.15. The Morgan fingerprint density at radius 2 is 1.71 bits per heavy atom. The van der Waals surface area contributed by atoms with Crippen molar-refractivity contribution in [3.05, 3.63) is 65.2 Å². The van der Waals surface area contributed by atoms with E-state index in [-0.39, 0.29) is 24.2 Å². The van der Waals surface area contributed by atoms with Gasteiger partial charge in [0.25, 0.3) is 0 Å². The first-order valence-electron chi connectivity index (χ1n) is 9.17. The average molecular weight is 380 g/mol. The molecule has 4 amide bonds. The zero-order valence-corrected chi connectivity index (χ0v) is 15.8. The SMILES string of the molecule is Cc1ccc(CN2CC(C(=O)NCc3ccc(NC(N)=O)cc3)CC2=O)cc1. The minimum atomic E-state index is -0.623. The zero-order chi connectivity index (χ0) is 20.1. The molecule has 0 aliphatic carbocycles. The molecule has 1 aliphatic heterocycles. The summed E-state index contributed by atoms with van der Waals surface area (Å²) in [6, 6.07) is 14.5. The summed E-state index contributed by atoms with van der Waals surface area (Å²) in [6.45, 7) is 3.34. The second-order valence-corrected chi connectivity index (χ2v) is 7.06. The van der Waals surface area contributed by atoms with Gasteiger partial charge in [-0.15, -0.1) is 0 Å². The van der Waals surface area contributed by atoms with Crippen LogP contribution in [0.3, 0.4) is 0 Å². The van der Waals surface area contributed by atoms with Crippen LogP contribution in [0.2, 0.25) is 0 Å². The molecule has 0 radical (unpaired) electrons. The van der Waals surface area contributed by atoms with E-state index in [4.69, 9.17) is 5.73 Å². The number of rotatable bonds is 6. The van der Waals surface area contributed by atoms with Gasteiger partial charge in [0.05, 0.1) is 5.92 Å². The van der Waals surface area contributed by atoms with Crippen molar-refractivity contribution in [2.24, 2.45) is 11.7 Å². The van der Waals surface area contributed by atoms with Crippen molar-refractivity contribution in [2.45, 2.75) is 26.4 Å². The normalized spacial score (nSPS) is 16.1. The van der Waals surface area contributed by atoms with Gasteiger partial charge in [-0.25, -0.2) is 4.79 Å². The van der Waals surface area contributed by atoms with Gasteiger partial charge in [0, 0.05) is 31.7 Å². The van der Waals surface area contributed by atoms with E-state index in [1.54, 1.807) is 29.2 Å². The smallest absolute Gasteiger partial charge is 0.316 e. The molecule has 1 aliphatic rings. The molecule has 4 N–H and O–H groups in total. The topological polar surface area (TPSA) is 105 Å². The van der Waals surface area contributed by atoms with Gasteiger partial charge in [-0.2, -0.15) is 0 Å². The zero-order valence-electron chi connectivity index (χ0n) is 15.8. The van der Waals surface area contributed by atoms with Gasteiger partial charge in [-0.1, -0.05) is 42.0 Å². The van der Waals surface area contributed by atoms with Gasteiger partial charge in [0.2, 0.25) is 11.8 Å². The van der Waals surface area contributed by atoms with Gasteiger partial charge in [-0.3, -0.25) is 9.59 Å². The number of likely N-dealkylation sites (tertiary alicyclic amines) is 1. The lowest BCUT2D eigenvalue weighted by molar-refractivity contribution is -0.129. The highest BCUT2D eigenvalue weighted by atomic mass is 16.2. The minimum Gasteiger partial charge on any atom is -0.352 e. The number of nitrogens with zero attached hydrogens (tertiary/aromatic N) is 1. The van der Waals surface area contributed by atoms with Crippen LogP contribution in [0, 0.1) is 12.8 Å². The number of primary amides is 1. The van der Waals surface area contributed by atoms with Crippen LogP contribution in [0.4, 0.5) is 10.5 Å². The van der Waals surface area contributed by atoms with Crippen LogP contribution in [0.5, 0.6) is 0 Å². The summed E-state index contributed by atoms with van der Waals surface area (Å²) in [5, 5.41) is 5.37. The molecule has 7 heteroatoms. The number of nitrogens with two attached hydrogens (primary N) is 1. The lowest BCUT2D eigenvalue weighted by Crippen LogP contribution is -2.32. The van der Waals surface area contributed by atoms with Crippen molar-refractivity contribution in [1.82, 2.24) is 10.2 Å².